The molecule has 2 aromatic rings. The van der Waals surface area contributed by atoms with E-state index in [9.17, 15) is 9.59 Å². The molecule has 0 fully saturated rings. The number of carbonyl (C=O) groups excluding carboxylic acids is 2. The predicted octanol–water partition coefficient (Wildman–Crippen LogP) is 1.57. The smallest absolute Gasteiger partial charge is 0.329 e. The Labute approximate surface area is 138 Å². The number of amides is 2. The predicted molar refractivity (Wildman–Crippen MR) is 90.0 cm³/mol. The van der Waals surface area contributed by atoms with E-state index in [1.807, 2.05) is 30.5 Å². The van der Waals surface area contributed by atoms with Crippen LogP contribution in [0.2, 0.25) is 0 Å². The molecule has 0 saturated heterocycles. The number of hydrogen-bond donors (Lipinski definition) is 2. The van der Waals surface area contributed by atoms with Crippen molar-refractivity contribution >= 4 is 29.8 Å². The summed E-state index contributed by atoms with van der Waals surface area (Å²) in [6, 6.07) is 13.0. The zero-order valence-corrected chi connectivity index (χ0v) is 13.3. The Kier molecular flexibility index (Phi) is 6.31. The maximum Gasteiger partial charge on any atom is 0.329 e. The fourth-order valence-electron chi connectivity index (χ4n) is 1.66. The first-order valence-corrected chi connectivity index (χ1v) is 8.06. The highest BCUT2D eigenvalue weighted by Crippen LogP contribution is 2.13. The molecule has 7 heteroatoms. The fraction of sp³-hybridized carbons (Fsp3) is 0.125. The minimum Gasteiger partial charge on any atom is -0.342 e. The van der Waals surface area contributed by atoms with Crippen molar-refractivity contribution in [1.82, 2.24) is 15.7 Å². The van der Waals surface area contributed by atoms with Gasteiger partial charge in [-0.05, 0) is 36.1 Å². The maximum atomic E-state index is 11.6. The summed E-state index contributed by atoms with van der Waals surface area (Å²) in [7, 11) is 0. The Morgan fingerprint density at radius 2 is 1.96 bits per heavy atom. The molecule has 1 aromatic carbocycles. The van der Waals surface area contributed by atoms with Crippen LogP contribution in [0.4, 0.5) is 0 Å². The molecule has 0 saturated carbocycles. The number of pyridine rings is 1. The second kappa shape index (κ2) is 8.70. The first kappa shape index (κ1) is 16.7. The topological polar surface area (TPSA) is 83.5 Å². The van der Waals surface area contributed by atoms with Crippen LogP contribution in [-0.4, -0.2) is 29.3 Å². The number of hydrazone groups is 1. The van der Waals surface area contributed by atoms with Crippen LogP contribution >= 0.6 is 11.8 Å². The van der Waals surface area contributed by atoms with Crippen molar-refractivity contribution in [2.24, 2.45) is 5.10 Å². The van der Waals surface area contributed by atoms with Gasteiger partial charge in [-0.15, -0.1) is 11.8 Å². The van der Waals surface area contributed by atoms with Gasteiger partial charge in [-0.2, -0.15) is 5.10 Å². The number of nitrogens with one attached hydrogen (secondary N) is 2. The molecule has 0 aliphatic carbocycles. The Morgan fingerprint density at radius 1 is 1.17 bits per heavy atom. The number of nitrogens with zero attached hydrogens (tertiary/aromatic N) is 2. The molecule has 6 nitrogen and oxygen atoms in total. The summed E-state index contributed by atoms with van der Waals surface area (Å²) < 4.78 is 0. The third-order valence-electron chi connectivity index (χ3n) is 2.86. The molecule has 2 amide bonds. The second-order valence-corrected chi connectivity index (χ2v) is 5.36. The first-order chi connectivity index (χ1) is 11.2. The van der Waals surface area contributed by atoms with Crippen LogP contribution in [0.25, 0.3) is 0 Å². The molecule has 0 aliphatic heterocycles. The normalized spacial score (nSPS) is 10.5. The Morgan fingerprint density at radius 3 is 2.61 bits per heavy atom. The zero-order valence-electron chi connectivity index (χ0n) is 12.5. The quantitative estimate of drug-likeness (QED) is 0.378. The standard InChI is InChI=1S/C16H16N4O2S/c1-23-14-7-5-12(6-8-14)10-19-20-16(22)15(21)18-11-13-4-2-3-9-17-13/h2-10H,11H2,1H3,(H,18,21)(H,20,22)/b19-10-. The largest absolute Gasteiger partial charge is 0.342 e. The van der Waals surface area contributed by atoms with Crippen molar-refractivity contribution in [3.8, 4) is 0 Å². The number of hydrogen-bond acceptors (Lipinski definition) is 5. The van der Waals surface area contributed by atoms with Gasteiger partial charge in [0.1, 0.15) is 0 Å². The third-order valence-corrected chi connectivity index (χ3v) is 3.60. The molecule has 2 N–H and O–H groups in total. The lowest BCUT2D eigenvalue weighted by Crippen LogP contribution is -2.37. The van der Waals surface area contributed by atoms with Crippen LogP contribution in [0.1, 0.15) is 11.3 Å². The summed E-state index contributed by atoms with van der Waals surface area (Å²) in [6.07, 6.45) is 5.09. The van der Waals surface area contributed by atoms with Gasteiger partial charge in [0.05, 0.1) is 18.5 Å². The maximum absolute atomic E-state index is 11.6. The SMILES string of the molecule is CSc1ccc(/C=N\NC(=O)C(=O)NCc2ccccn2)cc1. The molecule has 0 aliphatic rings. The second-order valence-electron chi connectivity index (χ2n) is 4.48. The molecule has 118 valence electrons. The summed E-state index contributed by atoms with van der Waals surface area (Å²) in [6.45, 7) is 0.187. The van der Waals surface area contributed by atoms with Crippen LogP contribution in [0.15, 0.2) is 58.7 Å². The van der Waals surface area contributed by atoms with E-state index in [4.69, 9.17) is 0 Å². The third kappa shape index (κ3) is 5.55. The molecule has 0 spiro atoms. The van der Waals surface area contributed by atoms with Crippen molar-refractivity contribution in [3.63, 3.8) is 0 Å². The fourth-order valence-corrected chi connectivity index (χ4v) is 2.07. The molecule has 0 radical (unpaired) electrons. The minimum absolute atomic E-state index is 0.187. The minimum atomic E-state index is -0.821. The highest BCUT2D eigenvalue weighted by atomic mass is 32.2. The number of aromatic nitrogens is 1. The van der Waals surface area contributed by atoms with E-state index in [0.717, 1.165) is 10.5 Å². The number of rotatable bonds is 5. The van der Waals surface area contributed by atoms with Crippen LogP contribution < -0.4 is 10.7 Å². The van der Waals surface area contributed by atoms with Gasteiger partial charge in [0.25, 0.3) is 0 Å². The van der Waals surface area contributed by atoms with Gasteiger partial charge in [-0.1, -0.05) is 18.2 Å². The summed E-state index contributed by atoms with van der Waals surface area (Å²) in [5.74, 6) is -1.58. The monoisotopic (exact) mass is 328 g/mol. The number of thioether (sulfide) groups is 1. The lowest BCUT2D eigenvalue weighted by atomic mass is 10.2. The highest BCUT2D eigenvalue weighted by Gasteiger charge is 2.11. The summed E-state index contributed by atoms with van der Waals surface area (Å²) >= 11 is 1.64. The Bertz CT molecular complexity index is 687. The summed E-state index contributed by atoms with van der Waals surface area (Å²) in [5.41, 5.74) is 3.69. The van der Waals surface area contributed by atoms with Crippen LogP contribution in [0.3, 0.4) is 0 Å². The van der Waals surface area contributed by atoms with Gasteiger partial charge in [-0.25, -0.2) is 5.43 Å². The first-order valence-electron chi connectivity index (χ1n) is 6.84. The Balaban J connectivity index is 1.79. The molecule has 23 heavy (non-hydrogen) atoms. The van der Waals surface area contributed by atoms with Crippen molar-refractivity contribution < 1.29 is 9.59 Å². The summed E-state index contributed by atoms with van der Waals surface area (Å²) in [4.78, 5) is 28.4. The lowest BCUT2D eigenvalue weighted by Gasteiger charge is -2.03. The molecule has 0 unspecified atom stereocenters. The summed E-state index contributed by atoms with van der Waals surface area (Å²) in [5, 5.41) is 6.24. The lowest BCUT2D eigenvalue weighted by molar-refractivity contribution is -0.139. The van der Waals surface area contributed by atoms with Gasteiger partial charge in [0.2, 0.25) is 0 Å². The van der Waals surface area contributed by atoms with Gasteiger partial charge in [0.15, 0.2) is 0 Å². The van der Waals surface area contributed by atoms with Gasteiger partial charge >= 0.3 is 11.8 Å². The molecule has 0 atom stereocenters. The van der Waals surface area contributed by atoms with Crippen molar-refractivity contribution in [1.29, 1.82) is 0 Å². The van der Waals surface area contributed by atoms with E-state index in [-0.39, 0.29) is 6.54 Å². The zero-order chi connectivity index (χ0) is 16.5. The average molecular weight is 328 g/mol. The van der Waals surface area contributed by atoms with E-state index in [2.05, 4.69) is 20.8 Å². The van der Waals surface area contributed by atoms with Gasteiger partial charge in [0, 0.05) is 11.1 Å². The van der Waals surface area contributed by atoms with Crippen molar-refractivity contribution in [3.05, 3.63) is 59.9 Å². The molecule has 2 rings (SSSR count). The molecule has 1 aromatic heterocycles. The van der Waals surface area contributed by atoms with Gasteiger partial charge < -0.3 is 5.32 Å². The highest BCUT2D eigenvalue weighted by molar-refractivity contribution is 7.98. The van der Waals surface area contributed by atoms with Crippen LogP contribution in [-0.2, 0) is 16.1 Å². The van der Waals surface area contributed by atoms with Crippen LogP contribution in [0.5, 0.6) is 0 Å². The van der Waals surface area contributed by atoms with Crippen molar-refractivity contribution in [2.45, 2.75) is 11.4 Å². The van der Waals surface area contributed by atoms with Crippen molar-refractivity contribution in [2.75, 3.05) is 6.26 Å². The molecular formula is C16H16N4O2S. The van der Waals surface area contributed by atoms with E-state index in [1.54, 1.807) is 36.2 Å². The molecule has 0 bridgehead atoms. The van der Waals surface area contributed by atoms with E-state index in [1.165, 1.54) is 6.21 Å². The van der Waals surface area contributed by atoms with E-state index in [0.29, 0.717) is 5.69 Å². The number of benzene rings is 1. The average Bonchev–Trinajstić information content (AvgIpc) is 2.61. The number of carbonyl (C=O) groups is 2. The van der Waals surface area contributed by atoms with E-state index >= 15 is 0 Å². The van der Waals surface area contributed by atoms with Gasteiger partial charge in [-0.3, -0.25) is 14.6 Å². The van der Waals surface area contributed by atoms with Crippen LogP contribution in [0, 0.1) is 0 Å². The Hall–Kier alpha value is -2.67. The molecular weight excluding hydrogens is 312 g/mol. The van der Waals surface area contributed by atoms with E-state index < -0.39 is 11.8 Å². The molecule has 1 heterocycles.